The molecule has 1 N–H and O–H groups in total. The molecule has 0 aliphatic rings. The van der Waals surface area contributed by atoms with E-state index in [9.17, 15) is 22.4 Å². The molecule has 0 saturated heterocycles. The fourth-order valence-electron chi connectivity index (χ4n) is 1.07. The minimum absolute atomic E-state index is 0.0631. The van der Waals surface area contributed by atoms with E-state index < -0.39 is 30.5 Å². The average molecular weight is 331 g/mol. The normalized spacial score (nSPS) is 13.2. The number of carboxylic acids is 1. The van der Waals surface area contributed by atoms with Gasteiger partial charge < -0.3 is 9.84 Å². The van der Waals surface area contributed by atoms with Crippen LogP contribution in [0.3, 0.4) is 0 Å². The Morgan fingerprint density at radius 3 is 2.50 bits per heavy atom. The first kappa shape index (κ1) is 14.7. The van der Waals surface area contributed by atoms with Gasteiger partial charge in [0.1, 0.15) is 18.2 Å². The summed E-state index contributed by atoms with van der Waals surface area (Å²) in [6, 6.07) is 3.09. The molecule has 0 amide bonds. The topological polar surface area (TPSA) is 46.5 Å². The molecule has 1 rings (SSSR count). The molecule has 8 heteroatoms. The zero-order chi connectivity index (χ0) is 13.9. The van der Waals surface area contributed by atoms with Crippen molar-refractivity contribution in [3.8, 4) is 5.75 Å². The van der Waals surface area contributed by atoms with Gasteiger partial charge in [-0.15, -0.1) is 0 Å². The van der Waals surface area contributed by atoms with E-state index in [0.717, 1.165) is 18.2 Å². The van der Waals surface area contributed by atoms with Crippen molar-refractivity contribution in [3.05, 3.63) is 28.5 Å². The van der Waals surface area contributed by atoms with Crippen LogP contribution in [-0.2, 0) is 4.79 Å². The highest BCUT2D eigenvalue weighted by molar-refractivity contribution is 9.10. The van der Waals surface area contributed by atoms with Crippen molar-refractivity contribution in [2.45, 2.75) is 6.18 Å². The molecular formula is C10H7BrF4O3. The molecule has 1 atom stereocenters. The number of hydrogen-bond acceptors (Lipinski definition) is 2. The first-order valence-electron chi connectivity index (χ1n) is 4.59. The number of alkyl halides is 3. The van der Waals surface area contributed by atoms with Crippen molar-refractivity contribution in [1.82, 2.24) is 0 Å². The Morgan fingerprint density at radius 1 is 1.44 bits per heavy atom. The van der Waals surface area contributed by atoms with Gasteiger partial charge >= 0.3 is 12.1 Å². The van der Waals surface area contributed by atoms with E-state index in [-0.39, 0.29) is 10.2 Å². The largest absolute Gasteiger partial charge is 0.491 e. The number of carboxylic acid groups (broad SMARTS) is 1. The summed E-state index contributed by atoms with van der Waals surface area (Å²) in [5.41, 5.74) is 0. The maximum absolute atomic E-state index is 12.7. The lowest BCUT2D eigenvalue weighted by molar-refractivity contribution is -0.198. The van der Waals surface area contributed by atoms with Crippen LogP contribution in [0.2, 0.25) is 0 Å². The van der Waals surface area contributed by atoms with Gasteiger partial charge in [0.15, 0.2) is 5.92 Å². The Kier molecular flexibility index (Phi) is 4.55. The van der Waals surface area contributed by atoms with E-state index in [1.165, 1.54) is 0 Å². The molecule has 18 heavy (non-hydrogen) atoms. The molecule has 0 saturated carbocycles. The molecule has 0 aliphatic carbocycles. The number of aliphatic carboxylic acids is 1. The minimum atomic E-state index is -4.90. The van der Waals surface area contributed by atoms with E-state index in [2.05, 4.69) is 15.9 Å². The highest BCUT2D eigenvalue weighted by Gasteiger charge is 2.45. The highest BCUT2D eigenvalue weighted by atomic mass is 79.9. The summed E-state index contributed by atoms with van der Waals surface area (Å²) in [6.45, 7) is -1.08. The first-order valence-corrected chi connectivity index (χ1v) is 5.38. The number of ether oxygens (including phenoxy) is 1. The molecule has 1 aromatic carbocycles. The molecule has 0 aromatic heterocycles. The second-order valence-corrected chi connectivity index (χ2v) is 4.17. The molecule has 100 valence electrons. The van der Waals surface area contributed by atoms with E-state index in [0.29, 0.717) is 0 Å². The fourth-order valence-corrected chi connectivity index (χ4v) is 1.54. The summed E-state index contributed by atoms with van der Waals surface area (Å²) in [7, 11) is 0. The quantitative estimate of drug-likeness (QED) is 0.862. The van der Waals surface area contributed by atoms with Gasteiger partial charge in [0.2, 0.25) is 0 Å². The van der Waals surface area contributed by atoms with Crippen LogP contribution in [-0.4, -0.2) is 23.9 Å². The second-order valence-electron chi connectivity index (χ2n) is 3.32. The first-order chi connectivity index (χ1) is 8.21. The number of hydrogen-bond donors (Lipinski definition) is 1. The monoisotopic (exact) mass is 330 g/mol. The number of halogens is 5. The average Bonchev–Trinajstić information content (AvgIpc) is 2.18. The van der Waals surface area contributed by atoms with Crippen molar-refractivity contribution in [2.75, 3.05) is 6.61 Å². The fraction of sp³-hybridized carbons (Fsp3) is 0.300. The van der Waals surface area contributed by atoms with Crippen LogP contribution in [0.1, 0.15) is 0 Å². The third-order valence-corrected chi connectivity index (χ3v) is 2.61. The molecule has 0 fully saturated rings. The van der Waals surface area contributed by atoms with Gasteiger partial charge in [0.25, 0.3) is 0 Å². The van der Waals surface area contributed by atoms with Gasteiger partial charge in [-0.3, -0.25) is 4.79 Å². The molecule has 0 radical (unpaired) electrons. The maximum atomic E-state index is 12.7. The molecule has 0 aliphatic heterocycles. The Morgan fingerprint density at radius 2 is 2.06 bits per heavy atom. The van der Waals surface area contributed by atoms with E-state index in [1.807, 2.05) is 0 Å². The zero-order valence-electron chi connectivity index (χ0n) is 8.67. The van der Waals surface area contributed by atoms with Gasteiger partial charge in [-0.2, -0.15) is 13.2 Å². The second kappa shape index (κ2) is 5.55. The van der Waals surface area contributed by atoms with Gasteiger partial charge in [-0.05, 0) is 34.1 Å². The van der Waals surface area contributed by atoms with Crippen molar-refractivity contribution in [2.24, 2.45) is 5.92 Å². The predicted molar refractivity (Wildman–Crippen MR) is 56.8 cm³/mol. The van der Waals surface area contributed by atoms with Crippen molar-refractivity contribution in [1.29, 1.82) is 0 Å². The van der Waals surface area contributed by atoms with Crippen molar-refractivity contribution < 1.29 is 32.2 Å². The van der Waals surface area contributed by atoms with E-state index in [4.69, 9.17) is 9.84 Å². The lowest BCUT2D eigenvalue weighted by Crippen LogP contribution is -2.35. The summed E-state index contributed by atoms with van der Waals surface area (Å²) in [6.07, 6.45) is -4.90. The molecule has 0 spiro atoms. The van der Waals surface area contributed by atoms with Crippen LogP contribution in [0.5, 0.6) is 5.75 Å². The molecular weight excluding hydrogens is 324 g/mol. The lowest BCUT2D eigenvalue weighted by Gasteiger charge is -2.17. The predicted octanol–water partition coefficient (Wildman–Crippen LogP) is 3.23. The molecule has 1 aromatic rings. The van der Waals surface area contributed by atoms with Gasteiger partial charge in [0.05, 0.1) is 4.47 Å². The number of benzene rings is 1. The Balaban J connectivity index is 2.77. The van der Waals surface area contributed by atoms with Crippen molar-refractivity contribution >= 4 is 21.9 Å². The van der Waals surface area contributed by atoms with Crippen LogP contribution in [0, 0.1) is 11.7 Å². The highest BCUT2D eigenvalue weighted by Crippen LogP contribution is 2.30. The Hall–Kier alpha value is -1.31. The Labute approximate surface area is 107 Å². The number of carbonyl (C=O) groups is 1. The minimum Gasteiger partial charge on any atom is -0.491 e. The third-order valence-electron chi connectivity index (χ3n) is 1.99. The van der Waals surface area contributed by atoms with Crippen LogP contribution in [0.4, 0.5) is 17.6 Å². The summed E-state index contributed by atoms with van der Waals surface area (Å²) in [4.78, 5) is 10.4. The van der Waals surface area contributed by atoms with E-state index >= 15 is 0 Å². The zero-order valence-corrected chi connectivity index (χ0v) is 10.3. The Bertz CT molecular complexity index is 447. The maximum Gasteiger partial charge on any atom is 0.405 e. The SMILES string of the molecule is O=C(O)C(COc1ccc(F)cc1Br)C(F)(F)F. The smallest absolute Gasteiger partial charge is 0.405 e. The lowest BCUT2D eigenvalue weighted by atomic mass is 10.1. The molecule has 1 unspecified atom stereocenters. The van der Waals surface area contributed by atoms with Crippen LogP contribution >= 0.6 is 15.9 Å². The molecule has 3 nitrogen and oxygen atoms in total. The van der Waals surface area contributed by atoms with Gasteiger partial charge in [0, 0.05) is 0 Å². The molecule has 0 bridgehead atoms. The van der Waals surface area contributed by atoms with E-state index in [1.54, 1.807) is 0 Å². The summed E-state index contributed by atoms with van der Waals surface area (Å²) in [5.74, 6) is -5.32. The molecule has 0 heterocycles. The standard InChI is InChI=1S/C10H7BrF4O3/c11-7-3-5(12)1-2-8(7)18-4-6(9(16)17)10(13,14)15/h1-3,6H,4H2,(H,16,17). The summed E-state index contributed by atoms with van der Waals surface area (Å²) in [5, 5.41) is 8.43. The van der Waals surface area contributed by atoms with Crippen LogP contribution < -0.4 is 4.74 Å². The number of rotatable bonds is 4. The van der Waals surface area contributed by atoms with Crippen molar-refractivity contribution in [3.63, 3.8) is 0 Å². The van der Waals surface area contributed by atoms with Gasteiger partial charge in [-0.1, -0.05) is 0 Å². The third kappa shape index (κ3) is 3.86. The van der Waals surface area contributed by atoms with Crippen LogP contribution in [0.15, 0.2) is 22.7 Å². The van der Waals surface area contributed by atoms with Gasteiger partial charge in [-0.25, -0.2) is 4.39 Å². The summed E-state index contributed by atoms with van der Waals surface area (Å²) < 4.78 is 54.5. The van der Waals surface area contributed by atoms with Crippen LogP contribution in [0.25, 0.3) is 0 Å². The summed E-state index contributed by atoms with van der Waals surface area (Å²) >= 11 is 2.89.